The first-order valence-electron chi connectivity index (χ1n) is 13.2. The first kappa shape index (κ1) is 34.0. The van der Waals surface area contributed by atoms with Crippen LogP contribution in [-0.4, -0.2) is 15.6 Å². The summed E-state index contributed by atoms with van der Waals surface area (Å²) < 4.78 is 0. The maximum Gasteiger partial charge on any atom is 0.0213 e. The van der Waals surface area contributed by atoms with Crippen LogP contribution in [0.1, 0.15) is 79.1 Å². The van der Waals surface area contributed by atoms with Gasteiger partial charge in [0.2, 0.25) is 0 Å². The summed E-state index contributed by atoms with van der Waals surface area (Å²) >= 11 is 0. The van der Waals surface area contributed by atoms with E-state index in [-0.39, 0.29) is 31.9 Å². The molecule has 0 saturated heterocycles. The standard InChI is InChI=1S/C12H10.C9H18N.C9H13.C2H7Si.Hf/c1-3-7-11(8-4-1)12-9-5-2-6-10-12;10-9-7-5-3-1-2-4-6-8-9;1-6-5-7(2)9(4)8(6)3;1-3-2;/h1-10H;9-10H,1-8H2;6H,1-4H3;3H,1-2H3;/q;2*-1;;. The van der Waals surface area contributed by atoms with Gasteiger partial charge < -0.3 is 5.73 Å². The van der Waals surface area contributed by atoms with Gasteiger partial charge in [-0.25, -0.2) is 5.57 Å². The van der Waals surface area contributed by atoms with Crippen LogP contribution in [0.15, 0.2) is 77.4 Å². The van der Waals surface area contributed by atoms with Crippen LogP contribution < -0.4 is 0 Å². The Hall–Kier alpha value is -1.03. The molecule has 1 saturated carbocycles. The van der Waals surface area contributed by atoms with Gasteiger partial charge in [0.05, 0.1) is 0 Å². The zero-order chi connectivity index (χ0) is 25.2. The maximum atomic E-state index is 7.61. The molecule has 1 nitrogen and oxygen atoms in total. The van der Waals surface area contributed by atoms with Gasteiger partial charge >= 0.3 is 0 Å². The smallest absolute Gasteiger partial charge is 0.0213 e. The molecule has 1 atom stereocenters. The minimum Gasteiger partial charge on any atom is -0.675 e. The fraction of sp³-hybridized carbons (Fsp3) is 0.500. The maximum absolute atomic E-state index is 7.61. The van der Waals surface area contributed by atoms with Crippen LogP contribution in [0.4, 0.5) is 0 Å². The summed E-state index contributed by atoms with van der Waals surface area (Å²) in [6.07, 6.45) is 13.8. The number of allylic oxidation sites excluding steroid dienone is 4. The van der Waals surface area contributed by atoms with Crippen molar-refractivity contribution in [2.24, 2.45) is 5.92 Å². The molecule has 1 unspecified atom stereocenters. The van der Waals surface area contributed by atoms with E-state index in [0.29, 0.717) is 5.92 Å². The third-order valence-electron chi connectivity index (χ3n) is 6.47. The molecule has 191 valence electrons. The molecule has 0 bridgehead atoms. The normalized spacial score (nSPS) is 17.9. The Balaban J connectivity index is 0.000000467. The molecular formula is C32H48HfNSi-2. The quantitative estimate of drug-likeness (QED) is 0.216. The number of benzene rings is 2. The van der Waals surface area contributed by atoms with Gasteiger partial charge in [-0.3, -0.25) is 6.08 Å². The molecule has 1 N–H and O–H groups in total. The Morgan fingerprint density at radius 3 is 1.37 bits per heavy atom. The van der Waals surface area contributed by atoms with E-state index in [1.807, 2.05) is 12.1 Å². The second-order valence-corrected chi connectivity index (χ2v) is 10.7. The minimum absolute atomic E-state index is 0. The van der Waals surface area contributed by atoms with Gasteiger partial charge in [-0.1, -0.05) is 152 Å². The van der Waals surface area contributed by atoms with Gasteiger partial charge in [-0.15, -0.1) is 13.0 Å². The molecule has 3 heteroatoms. The van der Waals surface area contributed by atoms with Gasteiger partial charge in [-0.05, 0) is 11.1 Å². The average molecular weight is 653 g/mol. The number of hydrogen-bond donors (Lipinski definition) is 0. The predicted octanol–water partition coefficient (Wildman–Crippen LogP) is 10.1. The molecule has 0 heterocycles. The van der Waals surface area contributed by atoms with Crippen LogP contribution in [0.2, 0.25) is 13.1 Å². The second-order valence-electron chi connectivity index (χ2n) is 9.50. The van der Waals surface area contributed by atoms with Gasteiger partial charge in [-0.2, -0.15) is 11.1 Å². The summed E-state index contributed by atoms with van der Waals surface area (Å²) in [6.45, 7) is 13.1. The van der Waals surface area contributed by atoms with Gasteiger partial charge in [0.1, 0.15) is 0 Å². The van der Waals surface area contributed by atoms with Crippen molar-refractivity contribution in [1.82, 2.24) is 0 Å². The molecule has 1 fully saturated rings. The summed E-state index contributed by atoms with van der Waals surface area (Å²) in [5.41, 5.74) is 14.4. The Kier molecular flexibility index (Phi) is 20.5. The molecule has 2 aliphatic rings. The van der Waals surface area contributed by atoms with E-state index in [4.69, 9.17) is 5.73 Å². The fourth-order valence-corrected chi connectivity index (χ4v) is 4.06. The summed E-state index contributed by atoms with van der Waals surface area (Å²) in [6, 6.07) is 21.0. The molecule has 2 aromatic rings. The molecule has 1 radical (unpaired) electrons. The molecule has 35 heavy (non-hydrogen) atoms. The third kappa shape index (κ3) is 15.0. The summed E-state index contributed by atoms with van der Waals surface area (Å²) in [5, 5.41) is 0. The fourth-order valence-electron chi connectivity index (χ4n) is 4.06. The van der Waals surface area contributed by atoms with E-state index < -0.39 is 0 Å². The van der Waals surface area contributed by atoms with Crippen LogP contribution in [0.25, 0.3) is 16.9 Å². The Morgan fingerprint density at radius 2 is 1.09 bits per heavy atom. The van der Waals surface area contributed by atoms with Gasteiger partial charge in [0.15, 0.2) is 0 Å². The van der Waals surface area contributed by atoms with E-state index in [9.17, 15) is 0 Å². The Morgan fingerprint density at radius 1 is 0.714 bits per heavy atom. The van der Waals surface area contributed by atoms with E-state index in [1.165, 1.54) is 66.4 Å². The summed E-state index contributed by atoms with van der Waals surface area (Å²) in [4.78, 5) is 0. The van der Waals surface area contributed by atoms with E-state index in [2.05, 4.69) is 95.4 Å². The predicted molar refractivity (Wildman–Crippen MR) is 156 cm³/mol. The molecule has 2 aliphatic carbocycles. The monoisotopic (exact) mass is 654 g/mol. The average Bonchev–Trinajstić information content (AvgIpc) is 3.15. The number of rotatable bonds is 1. The molecule has 0 amide bonds. The van der Waals surface area contributed by atoms with Crippen LogP contribution in [-0.2, 0) is 25.8 Å². The second kappa shape index (κ2) is 21.1. The molecule has 4 rings (SSSR count). The van der Waals surface area contributed by atoms with Crippen molar-refractivity contribution in [1.29, 1.82) is 0 Å². The summed E-state index contributed by atoms with van der Waals surface area (Å²) in [7, 11) is 0.750. The zero-order valence-corrected chi connectivity index (χ0v) is 27.9. The molecular weight excluding hydrogens is 605 g/mol. The molecule has 0 aromatic heterocycles. The van der Waals surface area contributed by atoms with E-state index in [1.54, 1.807) is 0 Å². The van der Waals surface area contributed by atoms with Crippen molar-refractivity contribution in [2.75, 3.05) is 0 Å². The topological polar surface area (TPSA) is 23.8 Å². The van der Waals surface area contributed by atoms with Crippen LogP contribution in [0.3, 0.4) is 0 Å². The Labute approximate surface area is 238 Å². The first-order valence-corrected chi connectivity index (χ1v) is 15.5. The molecule has 0 spiro atoms. The van der Waals surface area contributed by atoms with Crippen molar-refractivity contribution < 1.29 is 25.8 Å². The number of nitrogens with one attached hydrogen (secondary N) is 1. The van der Waals surface area contributed by atoms with Crippen molar-refractivity contribution >= 4 is 9.52 Å². The van der Waals surface area contributed by atoms with Crippen LogP contribution in [0, 0.1) is 12.0 Å². The van der Waals surface area contributed by atoms with Gasteiger partial charge in [0, 0.05) is 35.4 Å². The van der Waals surface area contributed by atoms with Crippen molar-refractivity contribution in [3.8, 4) is 11.1 Å². The first-order chi connectivity index (χ1) is 16.4. The van der Waals surface area contributed by atoms with E-state index >= 15 is 0 Å². The van der Waals surface area contributed by atoms with E-state index in [0.717, 1.165) is 22.4 Å². The van der Waals surface area contributed by atoms with Crippen molar-refractivity contribution in [2.45, 2.75) is 98.2 Å². The van der Waals surface area contributed by atoms with Gasteiger partial charge in [0.25, 0.3) is 0 Å². The van der Waals surface area contributed by atoms with Crippen LogP contribution in [0.5, 0.6) is 0 Å². The third-order valence-corrected chi connectivity index (χ3v) is 6.47. The largest absolute Gasteiger partial charge is 0.675 e. The molecule has 2 aromatic carbocycles. The van der Waals surface area contributed by atoms with Crippen molar-refractivity contribution in [3.63, 3.8) is 0 Å². The zero-order valence-electron chi connectivity index (χ0n) is 23.2. The number of hydrogen-bond acceptors (Lipinski definition) is 0. The van der Waals surface area contributed by atoms with Crippen molar-refractivity contribution in [3.05, 3.63) is 89.2 Å². The van der Waals surface area contributed by atoms with Crippen LogP contribution >= 0.6 is 0 Å². The molecule has 0 aliphatic heterocycles. The minimum atomic E-state index is 0. The SMILES string of the molecule is CC1=[C-]C(C)C(C)=C1C.C[SiH]C.[Hf].[NH-]C1CCCCCCCC1.c1ccc(-c2ccccc2)cc1. The summed E-state index contributed by atoms with van der Waals surface area (Å²) in [5.74, 6) is 0.560. The Bertz CT molecular complexity index is 782.